The van der Waals surface area contributed by atoms with Crippen molar-refractivity contribution >= 4 is 17.4 Å². The van der Waals surface area contributed by atoms with Crippen LogP contribution in [0.4, 0.5) is 15.9 Å². The minimum Gasteiger partial charge on any atom is -0.491 e. The number of amides is 1. The van der Waals surface area contributed by atoms with Crippen LogP contribution in [0.5, 0.6) is 5.75 Å². The molecular weight excluding hydrogens is 359 g/mol. The molecule has 0 saturated heterocycles. The van der Waals surface area contributed by atoms with E-state index < -0.39 is 5.91 Å². The summed E-state index contributed by atoms with van der Waals surface area (Å²) >= 11 is 0. The number of ether oxygens (including phenoxy) is 1. The van der Waals surface area contributed by atoms with E-state index in [0.717, 1.165) is 11.4 Å². The Morgan fingerprint density at radius 2 is 1.86 bits per heavy atom. The van der Waals surface area contributed by atoms with Crippen LogP contribution in [0.2, 0.25) is 0 Å². The first kappa shape index (κ1) is 19.3. The number of rotatable bonds is 7. The topological polar surface area (TPSA) is 76.1 Å². The van der Waals surface area contributed by atoms with Crippen molar-refractivity contribution in [2.24, 2.45) is 0 Å². The van der Waals surface area contributed by atoms with Gasteiger partial charge in [0.15, 0.2) is 0 Å². The van der Waals surface area contributed by atoms with E-state index in [1.54, 1.807) is 18.2 Å². The molecule has 2 N–H and O–H groups in total. The number of nitrogens with one attached hydrogen (secondary N) is 2. The largest absolute Gasteiger partial charge is 0.491 e. The molecule has 144 valence electrons. The van der Waals surface area contributed by atoms with E-state index in [9.17, 15) is 9.18 Å². The van der Waals surface area contributed by atoms with Crippen molar-refractivity contribution in [1.82, 2.24) is 15.3 Å². The highest BCUT2D eigenvalue weighted by molar-refractivity contribution is 5.92. The fourth-order valence-electron chi connectivity index (χ4n) is 2.49. The molecule has 0 aliphatic heterocycles. The van der Waals surface area contributed by atoms with Gasteiger partial charge in [0, 0.05) is 23.9 Å². The number of aromatic nitrogens is 2. The van der Waals surface area contributed by atoms with E-state index in [-0.39, 0.29) is 24.2 Å². The molecule has 2 aromatic carbocycles. The van der Waals surface area contributed by atoms with Crippen LogP contribution in [0.1, 0.15) is 29.9 Å². The SMILES string of the molecule is CC(C)Oc1ccc(Nc2cc(C(=O)NCc3ccccc3F)ncn2)cc1. The third kappa shape index (κ3) is 5.26. The smallest absolute Gasteiger partial charge is 0.270 e. The van der Waals surface area contributed by atoms with Gasteiger partial charge in [-0.3, -0.25) is 4.79 Å². The predicted octanol–water partition coefficient (Wildman–Crippen LogP) is 4.08. The fourth-order valence-corrected chi connectivity index (χ4v) is 2.49. The standard InChI is InChI=1S/C21H21FN4O2/c1-14(2)28-17-9-7-16(8-10-17)26-20-11-19(24-13-25-20)21(27)23-12-15-5-3-4-6-18(15)22/h3-11,13-14H,12H2,1-2H3,(H,23,27)(H,24,25,26). The molecule has 0 radical (unpaired) electrons. The number of carbonyl (C=O) groups is 1. The lowest BCUT2D eigenvalue weighted by Crippen LogP contribution is -2.24. The van der Waals surface area contributed by atoms with Crippen molar-refractivity contribution in [1.29, 1.82) is 0 Å². The molecule has 6 nitrogen and oxygen atoms in total. The maximum absolute atomic E-state index is 13.7. The molecule has 3 aromatic rings. The highest BCUT2D eigenvalue weighted by atomic mass is 19.1. The Kier molecular flexibility index (Phi) is 6.16. The van der Waals surface area contributed by atoms with Gasteiger partial charge in [-0.15, -0.1) is 0 Å². The molecule has 28 heavy (non-hydrogen) atoms. The Morgan fingerprint density at radius 1 is 1.11 bits per heavy atom. The van der Waals surface area contributed by atoms with Crippen LogP contribution in [-0.2, 0) is 6.54 Å². The molecule has 0 aliphatic carbocycles. The van der Waals surface area contributed by atoms with Gasteiger partial charge in [-0.05, 0) is 44.2 Å². The van der Waals surface area contributed by atoms with Crippen LogP contribution in [0, 0.1) is 5.82 Å². The zero-order valence-electron chi connectivity index (χ0n) is 15.6. The van der Waals surface area contributed by atoms with E-state index in [1.165, 1.54) is 18.5 Å². The number of nitrogens with zero attached hydrogens (tertiary/aromatic N) is 2. The summed E-state index contributed by atoms with van der Waals surface area (Å²) in [5, 5.41) is 5.78. The van der Waals surface area contributed by atoms with Crippen LogP contribution in [-0.4, -0.2) is 22.0 Å². The normalized spacial score (nSPS) is 10.6. The molecule has 0 spiro atoms. The maximum Gasteiger partial charge on any atom is 0.270 e. The summed E-state index contributed by atoms with van der Waals surface area (Å²) in [4.78, 5) is 20.4. The Morgan fingerprint density at radius 3 is 2.57 bits per heavy atom. The lowest BCUT2D eigenvalue weighted by atomic mass is 10.2. The average molecular weight is 380 g/mol. The fraction of sp³-hybridized carbons (Fsp3) is 0.190. The zero-order chi connectivity index (χ0) is 19.9. The second-order valence-corrected chi connectivity index (χ2v) is 6.38. The molecule has 0 aliphatic rings. The van der Waals surface area contributed by atoms with Crippen molar-refractivity contribution < 1.29 is 13.9 Å². The van der Waals surface area contributed by atoms with Crippen molar-refractivity contribution in [2.75, 3.05) is 5.32 Å². The van der Waals surface area contributed by atoms with E-state index in [1.807, 2.05) is 38.1 Å². The third-order valence-corrected chi connectivity index (χ3v) is 3.80. The Bertz CT molecular complexity index is 945. The van der Waals surface area contributed by atoms with Crippen LogP contribution in [0.25, 0.3) is 0 Å². The first-order valence-electron chi connectivity index (χ1n) is 8.88. The van der Waals surface area contributed by atoms with Gasteiger partial charge in [0.1, 0.15) is 29.4 Å². The second-order valence-electron chi connectivity index (χ2n) is 6.38. The van der Waals surface area contributed by atoms with Gasteiger partial charge < -0.3 is 15.4 Å². The van der Waals surface area contributed by atoms with Crippen molar-refractivity contribution in [2.45, 2.75) is 26.5 Å². The number of hydrogen-bond donors (Lipinski definition) is 2. The average Bonchev–Trinajstić information content (AvgIpc) is 2.68. The summed E-state index contributed by atoms with van der Waals surface area (Å²) in [6.45, 7) is 4.01. The van der Waals surface area contributed by atoms with Crippen LogP contribution < -0.4 is 15.4 Å². The summed E-state index contributed by atoms with van der Waals surface area (Å²) in [6.07, 6.45) is 1.41. The van der Waals surface area contributed by atoms with Crippen molar-refractivity contribution in [3.63, 3.8) is 0 Å². The van der Waals surface area contributed by atoms with Gasteiger partial charge in [-0.1, -0.05) is 18.2 Å². The van der Waals surface area contributed by atoms with Crippen LogP contribution in [0.3, 0.4) is 0 Å². The lowest BCUT2D eigenvalue weighted by molar-refractivity contribution is 0.0945. The van der Waals surface area contributed by atoms with Gasteiger partial charge >= 0.3 is 0 Å². The number of hydrogen-bond acceptors (Lipinski definition) is 5. The molecule has 0 unspecified atom stereocenters. The molecule has 1 amide bonds. The molecule has 7 heteroatoms. The van der Waals surface area contributed by atoms with Crippen LogP contribution in [0.15, 0.2) is 60.9 Å². The number of anilines is 2. The monoisotopic (exact) mass is 380 g/mol. The number of halogens is 1. The van der Waals surface area contributed by atoms with E-state index >= 15 is 0 Å². The maximum atomic E-state index is 13.7. The van der Waals surface area contributed by atoms with Gasteiger partial charge in [-0.25, -0.2) is 14.4 Å². The molecule has 3 rings (SSSR count). The zero-order valence-corrected chi connectivity index (χ0v) is 15.6. The summed E-state index contributed by atoms with van der Waals surface area (Å²) in [7, 11) is 0. The highest BCUT2D eigenvalue weighted by Crippen LogP contribution is 2.20. The van der Waals surface area contributed by atoms with Gasteiger partial charge in [0.2, 0.25) is 0 Å². The molecule has 0 bridgehead atoms. The molecule has 0 saturated carbocycles. The molecule has 1 heterocycles. The van der Waals surface area contributed by atoms with Gasteiger partial charge in [0.05, 0.1) is 6.10 Å². The van der Waals surface area contributed by atoms with Gasteiger partial charge in [0.25, 0.3) is 5.91 Å². The predicted molar refractivity (Wildman–Crippen MR) is 105 cm³/mol. The lowest BCUT2D eigenvalue weighted by Gasteiger charge is -2.11. The Labute approximate surface area is 162 Å². The summed E-state index contributed by atoms with van der Waals surface area (Å²) in [5.41, 5.74) is 1.40. The van der Waals surface area contributed by atoms with E-state index in [0.29, 0.717) is 11.4 Å². The second kappa shape index (κ2) is 8.94. The Hall–Kier alpha value is -3.48. The first-order chi connectivity index (χ1) is 13.5. The minimum atomic E-state index is -0.408. The van der Waals surface area contributed by atoms with E-state index in [4.69, 9.17) is 4.74 Å². The summed E-state index contributed by atoms with van der Waals surface area (Å²) < 4.78 is 19.3. The molecule has 0 fully saturated rings. The Balaban J connectivity index is 1.63. The highest BCUT2D eigenvalue weighted by Gasteiger charge is 2.10. The number of benzene rings is 2. The third-order valence-electron chi connectivity index (χ3n) is 3.80. The molecular formula is C21H21FN4O2. The van der Waals surface area contributed by atoms with Gasteiger partial charge in [-0.2, -0.15) is 0 Å². The minimum absolute atomic E-state index is 0.0790. The molecule has 1 aromatic heterocycles. The van der Waals surface area contributed by atoms with E-state index in [2.05, 4.69) is 20.6 Å². The summed E-state index contributed by atoms with van der Waals surface area (Å²) in [6, 6.07) is 15.3. The van der Waals surface area contributed by atoms with Crippen LogP contribution >= 0.6 is 0 Å². The summed E-state index contributed by atoms with van der Waals surface area (Å²) in [5.74, 6) is 0.479. The first-order valence-corrected chi connectivity index (χ1v) is 8.88. The van der Waals surface area contributed by atoms with Crippen molar-refractivity contribution in [3.05, 3.63) is 78.0 Å². The van der Waals surface area contributed by atoms with Crippen molar-refractivity contribution in [3.8, 4) is 5.75 Å². The molecule has 0 atom stereocenters. The number of carbonyl (C=O) groups excluding carboxylic acids is 1. The quantitative estimate of drug-likeness (QED) is 0.646.